The average Bonchev–Trinajstić information content (AvgIpc) is 1.99. The molecule has 0 amide bonds. The molecule has 1 aliphatic heterocycles. The van der Waals surface area contributed by atoms with Gasteiger partial charge in [0.1, 0.15) is 0 Å². The fourth-order valence-corrected chi connectivity index (χ4v) is 1.87. The lowest BCUT2D eigenvalue weighted by atomic mass is 9.72. The molecule has 1 saturated heterocycles. The lowest BCUT2D eigenvalue weighted by molar-refractivity contribution is -0.145. The summed E-state index contributed by atoms with van der Waals surface area (Å²) in [5.41, 5.74) is 0.459. The molecule has 1 fully saturated rings. The van der Waals surface area contributed by atoms with Crippen LogP contribution in [0.5, 0.6) is 0 Å². The van der Waals surface area contributed by atoms with Gasteiger partial charge in [-0.15, -0.1) is 0 Å². The van der Waals surface area contributed by atoms with Gasteiger partial charge in [-0.3, -0.25) is 0 Å². The number of hydrogen-bond acceptors (Lipinski definition) is 2. The van der Waals surface area contributed by atoms with E-state index in [2.05, 4.69) is 27.7 Å². The molecule has 0 bridgehead atoms. The van der Waals surface area contributed by atoms with Crippen LogP contribution in [0.3, 0.4) is 0 Å². The number of ether oxygens (including phenoxy) is 2. The maximum atomic E-state index is 5.54. The summed E-state index contributed by atoms with van der Waals surface area (Å²) in [5.74, 6) is 0.732. The molecular weight excluding hydrogens is 176 g/mol. The van der Waals surface area contributed by atoms with E-state index in [1.165, 1.54) is 12.8 Å². The second-order valence-electron chi connectivity index (χ2n) is 5.03. The van der Waals surface area contributed by atoms with Crippen molar-refractivity contribution >= 4 is 0 Å². The van der Waals surface area contributed by atoms with Gasteiger partial charge in [0.2, 0.25) is 0 Å². The van der Waals surface area contributed by atoms with Crippen LogP contribution in [0, 0.1) is 11.3 Å². The maximum absolute atomic E-state index is 5.54. The fraction of sp³-hybridized carbons (Fsp3) is 1.00. The van der Waals surface area contributed by atoms with Crippen LogP contribution in [0.25, 0.3) is 0 Å². The van der Waals surface area contributed by atoms with Crippen molar-refractivity contribution in [2.75, 3.05) is 19.8 Å². The Hall–Kier alpha value is -0.0800. The van der Waals surface area contributed by atoms with Crippen LogP contribution >= 0.6 is 0 Å². The predicted molar refractivity (Wildman–Crippen MR) is 58.4 cm³/mol. The molecule has 0 aromatic carbocycles. The van der Waals surface area contributed by atoms with E-state index >= 15 is 0 Å². The number of rotatable bonds is 6. The van der Waals surface area contributed by atoms with Crippen LogP contribution < -0.4 is 0 Å². The second-order valence-corrected chi connectivity index (χ2v) is 5.03. The Morgan fingerprint density at radius 1 is 1.21 bits per heavy atom. The van der Waals surface area contributed by atoms with Gasteiger partial charge >= 0.3 is 0 Å². The molecule has 0 aromatic heterocycles. The second kappa shape index (κ2) is 5.13. The third-order valence-corrected chi connectivity index (χ3v) is 3.27. The van der Waals surface area contributed by atoms with Gasteiger partial charge in [-0.2, -0.15) is 0 Å². The largest absolute Gasteiger partial charge is 0.380 e. The van der Waals surface area contributed by atoms with E-state index < -0.39 is 0 Å². The summed E-state index contributed by atoms with van der Waals surface area (Å²) in [5, 5.41) is 0. The molecule has 0 unspecified atom stereocenters. The highest BCUT2D eigenvalue weighted by Crippen LogP contribution is 2.39. The molecule has 0 radical (unpaired) electrons. The Labute approximate surface area is 88.0 Å². The molecule has 0 aliphatic carbocycles. The van der Waals surface area contributed by atoms with Gasteiger partial charge in [-0.05, 0) is 32.6 Å². The highest BCUT2D eigenvalue weighted by Gasteiger charge is 2.40. The maximum Gasteiger partial charge on any atom is 0.0547 e. The van der Waals surface area contributed by atoms with Crippen LogP contribution in [-0.4, -0.2) is 25.9 Å². The van der Waals surface area contributed by atoms with E-state index in [9.17, 15) is 0 Å². The van der Waals surface area contributed by atoms with E-state index in [1.807, 2.05) is 0 Å². The zero-order valence-corrected chi connectivity index (χ0v) is 10.0. The molecule has 0 aromatic rings. The molecular formula is C12H24O2. The molecule has 0 spiro atoms. The van der Waals surface area contributed by atoms with Gasteiger partial charge in [0.05, 0.1) is 19.3 Å². The van der Waals surface area contributed by atoms with Crippen molar-refractivity contribution in [3.8, 4) is 0 Å². The summed E-state index contributed by atoms with van der Waals surface area (Å²) in [4.78, 5) is 0. The van der Waals surface area contributed by atoms with E-state index in [0.717, 1.165) is 25.7 Å². The van der Waals surface area contributed by atoms with Gasteiger partial charge in [0.15, 0.2) is 0 Å². The van der Waals surface area contributed by atoms with Crippen molar-refractivity contribution in [1.82, 2.24) is 0 Å². The minimum Gasteiger partial charge on any atom is -0.380 e. The third kappa shape index (κ3) is 2.96. The minimum atomic E-state index is 0.364. The summed E-state index contributed by atoms with van der Waals surface area (Å²) in [6.07, 6.45) is 2.78. The van der Waals surface area contributed by atoms with Crippen LogP contribution in [-0.2, 0) is 9.47 Å². The van der Waals surface area contributed by atoms with Crippen molar-refractivity contribution in [1.29, 1.82) is 0 Å². The van der Waals surface area contributed by atoms with Gasteiger partial charge in [0.25, 0.3) is 0 Å². The molecule has 14 heavy (non-hydrogen) atoms. The zero-order valence-electron chi connectivity index (χ0n) is 10.0. The molecule has 1 aliphatic rings. The SMILES string of the molecule is CC(C)OCCCC1(C(C)C)COC1. The molecule has 2 heteroatoms. The molecule has 1 rings (SSSR count). The Morgan fingerprint density at radius 2 is 1.86 bits per heavy atom. The van der Waals surface area contributed by atoms with Crippen LogP contribution in [0.2, 0.25) is 0 Å². The molecule has 84 valence electrons. The first-order valence-corrected chi connectivity index (χ1v) is 5.76. The molecule has 0 atom stereocenters. The average molecular weight is 200 g/mol. The Bertz CT molecular complexity index is 160. The zero-order chi connectivity index (χ0) is 10.6. The van der Waals surface area contributed by atoms with Crippen LogP contribution in [0.1, 0.15) is 40.5 Å². The minimum absolute atomic E-state index is 0.364. The van der Waals surface area contributed by atoms with E-state index in [0.29, 0.717) is 11.5 Å². The van der Waals surface area contributed by atoms with Gasteiger partial charge in [0, 0.05) is 12.0 Å². The standard InChI is InChI=1S/C12H24O2/c1-10(2)12(8-13-9-12)6-5-7-14-11(3)4/h10-11H,5-9H2,1-4H3. The monoisotopic (exact) mass is 200 g/mol. The highest BCUT2D eigenvalue weighted by atomic mass is 16.5. The van der Waals surface area contributed by atoms with Crippen molar-refractivity contribution in [2.45, 2.75) is 46.6 Å². The molecule has 1 heterocycles. The summed E-state index contributed by atoms with van der Waals surface area (Å²) >= 11 is 0. The van der Waals surface area contributed by atoms with Gasteiger partial charge in [-0.25, -0.2) is 0 Å². The molecule has 2 nitrogen and oxygen atoms in total. The lowest BCUT2D eigenvalue weighted by Gasteiger charge is -2.45. The first-order chi connectivity index (χ1) is 6.57. The summed E-state index contributed by atoms with van der Waals surface area (Å²) in [7, 11) is 0. The number of hydrogen-bond donors (Lipinski definition) is 0. The normalized spacial score (nSPS) is 20.1. The quantitative estimate of drug-likeness (QED) is 0.614. The van der Waals surface area contributed by atoms with Crippen molar-refractivity contribution in [3.63, 3.8) is 0 Å². The summed E-state index contributed by atoms with van der Waals surface area (Å²) in [6.45, 7) is 11.6. The Morgan fingerprint density at radius 3 is 2.21 bits per heavy atom. The predicted octanol–water partition coefficient (Wildman–Crippen LogP) is 2.86. The van der Waals surface area contributed by atoms with Gasteiger partial charge in [-0.1, -0.05) is 13.8 Å². The van der Waals surface area contributed by atoms with Crippen molar-refractivity contribution < 1.29 is 9.47 Å². The van der Waals surface area contributed by atoms with Crippen LogP contribution in [0.15, 0.2) is 0 Å². The Balaban J connectivity index is 2.15. The smallest absolute Gasteiger partial charge is 0.0547 e. The summed E-state index contributed by atoms with van der Waals surface area (Å²) < 4.78 is 10.9. The lowest BCUT2D eigenvalue weighted by Crippen LogP contribution is -2.46. The highest BCUT2D eigenvalue weighted by molar-refractivity contribution is 4.88. The van der Waals surface area contributed by atoms with Crippen molar-refractivity contribution in [2.24, 2.45) is 11.3 Å². The van der Waals surface area contributed by atoms with E-state index in [-0.39, 0.29) is 0 Å². The molecule has 0 N–H and O–H groups in total. The Kier molecular flexibility index (Phi) is 4.39. The first-order valence-electron chi connectivity index (χ1n) is 5.76. The van der Waals surface area contributed by atoms with Gasteiger partial charge < -0.3 is 9.47 Å². The third-order valence-electron chi connectivity index (χ3n) is 3.27. The van der Waals surface area contributed by atoms with Crippen molar-refractivity contribution in [3.05, 3.63) is 0 Å². The van der Waals surface area contributed by atoms with E-state index in [4.69, 9.17) is 9.47 Å². The summed E-state index contributed by atoms with van der Waals surface area (Å²) in [6, 6.07) is 0. The first kappa shape index (κ1) is 12.0. The molecule has 0 saturated carbocycles. The van der Waals surface area contributed by atoms with Crippen LogP contribution in [0.4, 0.5) is 0 Å². The van der Waals surface area contributed by atoms with E-state index in [1.54, 1.807) is 0 Å². The fourth-order valence-electron chi connectivity index (χ4n) is 1.87. The topological polar surface area (TPSA) is 18.5 Å².